The highest BCUT2D eigenvalue weighted by Crippen LogP contribution is 2.27. The largest absolute Gasteiger partial charge is 0.493 e. The standard InChI is InChI=1S/C22H26N2O4/c1-27-19-9-8-17(14-20(19)28-2)10-12-23-18-15-21(25)24(22(18)26)13-11-16-6-4-3-5-7-16/h3-9,14,18,23H,10-13,15H2,1-2H3/p+1. The fourth-order valence-electron chi connectivity index (χ4n) is 3.50. The van der Waals surface area contributed by atoms with Crippen molar-refractivity contribution in [3.05, 3.63) is 59.7 Å². The quantitative estimate of drug-likeness (QED) is 0.660. The second-order valence-electron chi connectivity index (χ2n) is 6.89. The van der Waals surface area contributed by atoms with Gasteiger partial charge in [-0.25, -0.2) is 0 Å². The van der Waals surface area contributed by atoms with Gasteiger partial charge < -0.3 is 14.8 Å². The Morgan fingerprint density at radius 3 is 2.43 bits per heavy atom. The number of nitrogens with zero attached hydrogens (tertiary/aromatic N) is 1. The number of nitrogens with two attached hydrogens (primary N) is 1. The van der Waals surface area contributed by atoms with E-state index in [4.69, 9.17) is 9.47 Å². The molecule has 1 aliphatic rings. The van der Waals surface area contributed by atoms with Crippen LogP contribution in [0.25, 0.3) is 0 Å². The summed E-state index contributed by atoms with van der Waals surface area (Å²) in [5.41, 5.74) is 2.23. The first-order valence-corrected chi connectivity index (χ1v) is 9.54. The Bertz CT molecular complexity index is 823. The van der Waals surface area contributed by atoms with Crippen molar-refractivity contribution >= 4 is 11.8 Å². The number of benzene rings is 2. The molecule has 1 unspecified atom stereocenters. The number of ether oxygens (including phenoxy) is 2. The van der Waals surface area contributed by atoms with Crippen molar-refractivity contribution in [1.29, 1.82) is 0 Å². The molecule has 3 rings (SSSR count). The van der Waals surface area contributed by atoms with Crippen LogP contribution in [0.1, 0.15) is 17.5 Å². The molecule has 6 heteroatoms. The van der Waals surface area contributed by atoms with E-state index in [9.17, 15) is 9.59 Å². The minimum Gasteiger partial charge on any atom is -0.493 e. The lowest BCUT2D eigenvalue weighted by atomic mass is 10.1. The van der Waals surface area contributed by atoms with Crippen molar-refractivity contribution in [3.8, 4) is 11.5 Å². The lowest BCUT2D eigenvalue weighted by Gasteiger charge is -2.14. The highest BCUT2D eigenvalue weighted by atomic mass is 16.5. The molecule has 2 aromatic carbocycles. The third-order valence-corrected chi connectivity index (χ3v) is 5.08. The molecule has 0 bridgehead atoms. The van der Waals surface area contributed by atoms with E-state index >= 15 is 0 Å². The summed E-state index contributed by atoms with van der Waals surface area (Å²) in [6, 6.07) is 15.4. The maximum absolute atomic E-state index is 12.6. The maximum Gasteiger partial charge on any atom is 0.287 e. The first kappa shape index (κ1) is 19.9. The minimum absolute atomic E-state index is 0.0757. The monoisotopic (exact) mass is 383 g/mol. The van der Waals surface area contributed by atoms with Gasteiger partial charge in [-0.2, -0.15) is 0 Å². The zero-order valence-corrected chi connectivity index (χ0v) is 16.4. The molecular formula is C22H27N2O4+. The first-order chi connectivity index (χ1) is 13.6. The molecule has 2 amide bonds. The van der Waals surface area contributed by atoms with Gasteiger partial charge in [-0.3, -0.25) is 14.5 Å². The summed E-state index contributed by atoms with van der Waals surface area (Å²) in [5, 5.41) is 1.97. The van der Waals surface area contributed by atoms with Crippen LogP contribution in [0, 0.1) is 0 Å². The van der Waals surface area contributed by atoms with Crippen molar-refractivity contribution in [3.63, 3.8) is 0 Å². The van der Waals surface area contributed by atoms with Gasteiger partial charge in [-0.1, -0.05) is 36.4 Å². The number of rotatable bonds is 9. The number of carbonyl (C=O) groups is 2. The summed E-state index contributed by atoms with van der Waals surface area (Å²) >= 11 is 0. The van der Waals surface area contributed by atoms with Gasteiger partial charge in [-0.05, 0) is 29.7 Å². The van der Waals surface area contributed by atoms with E-state index < -0.39 is 0 Å². The highest BCUT2D eigenvalue weighted by Gasteiger charge is 2.40. The highest BCUT2D eigenvalue weighted by molar-refractivity contribution is 6.04. The first-order valence-electron chi connectivity index (χ1n) is 9.54. The zero-order valence-electron chi connectivity index (χ0n) is 16.4. The summed E-state index contributed by atoms with van der Waals surface area (Å²) in [6.07, 6.45) is 1.75. The number of imide groups is 1. The second kappa shape index (κ2) is 9.37. The van der Waals surface area contributed by atoms with Gasteiger partial charge in [0.2, 0.25) is 5.91 Å². The van der Waals surface area contributed by atoms with Crippen molar-refractivity contribution < 1.29 is 24.4 Å². The van der Waals surface area contributed by atoms with Gasteiger partial charge in [-0.15, -0.1) is 0 Å². The van der Waals surface area contributed by atoms with Crippen LogP contribution >= 0.6 is 0 Å². The third-order valence-electron chi connectivity index (χ3n) is 5.08. The average molecular weight is 383 g/mol. The average Bonchev–Trinajstić information content (AvgIpc) is 3.00. The predicted molar refractivity (Wildman–Crippen MR) is 105 cm³/mol. The van der Waals surface area contributed by atoms with E-state index in [1.165, 1.54) is 4.90 Å². The number of likely N-dealkylation sites (tertiary alicyclic amines) is 1. The van der Waals surface area contributed by atoms with Crippen molar-refractivity contribution in [1.82, 2.24) is 4.90 Å². The Morgan fingerprint density at radius 2 is 1.71 bits per heavy atom. The molecule has 0 spiro atoms. The van der Waals surface area contributed by atoms with Crippen LogP contribution in [-0.4, -0.2) is 50.1 Å². The van der Waals surface area contributed by atoms with Gasteiger partial charge in [0.05, 0.1) is 27.2 Å². The number of methoxy groups -OCH3 is 2. The van der Waals surface area contributed by atoms with Crippen molar-refractivity contribution in [2.75, 3.05) is 27.3 Å². The third kappa shape index (κ3) is 4.70. The Labute approximate surface area is 165 Å². The number of quaternary nitrogens is 1. The zero-order chi connectivity index (χ0) is 19.9. The van der Waals surface area contributed by atoms with Crippen LogP contribution in [0.4, 0.5) is 0 Å². The van der Waals surface area contributed by atoms with Gasteiger partial charge in [0, 0.05) is 13.0 Å². The van der Waals surface area contributed by atoms with Gasteiger partial charge in [0.1, 0.15) is 0 Å². The Hall–Kier alpha value is -2.86. The van der Waals surface area contributed by atoms with E-state index in [0.717, 1.165) is 24.1 Å². The summed E-state index contributed by atoms with van der Waals surface area (Å²) < 4.78 is 10.6. The molecule has 1 atom stereocenters. The molecule has 6 nitrogen and oxygen atoms in total. The fraction of sp³-hybridized carbons (Fsp3) is 0.364. The van der Waals surface area contributed by atoms with E-state index in [-0.39, 0.29) is 24.3 Å². The lowest BCUT2D eigenvalue weighted by molar-refractivity contribution is -0.674. The molecule has 2 N–H and O–H groups in total. The molecule has 28 heavy (non-hydrogen) atoms. The fourth-order valence-corrected chi connectivity index (χ4v) is 3.50. The van der Waals surface area contributed by atoms with Crippen molar-refractivity contribution in [2.45, 2.75) is 25.3 Å². The van der Waals surface area contributed by atoms with Crippen LogP contribution in [0.5, 0.6) is 11.5 Å². The number of carbonyl (C=O) groups excluding carboxylic acids is 2. The van der Waals surface area contributed by atoms with E-state index in [1.807, 2.05) is 53.8 Å². The molecule has 0 saturated carbocycles. The van der Waals surface area contributed by atoms with E-state index in [2.05, 4.69) is 0 Å². The molecule has 148 valence electrons. The normalized spacial score (nSPS) is 16.5. The SMILES string of the molecule is COc1ccc(CC[NH2+]C2CC(=O)N(CCc3ccccc3)C2=O)cc1OC. The maximum atomic E-state index is 12.6. The molecule has 0 aliphatic carbocycles. The van der Waals surface area contributed by atoms with Crippen LogP contribution < -0.4 is 14.8 Å². The number of amides is 2. The predicted octanol–water partition coefficient (Wildman–Crippen LogP) is 1.18. The number of hydrogen-bond acceptors (Lipinski definition) is 4. The van der Waals surface area contributed by atoms with Gasteiger partial charge in [0.25, 0.3) is 5.91 Å². The van der Waals surface area contributed by atoms with Gasteiger partial charge >= 0.3 is 0 Å². The number of hydrogen-bond donors (Lipinski definition) is 1. The van der Waals surface area contributed by atoms with Gasteiger partial charge in [0.15, 0.2) is 17.5 Å². The molecule has 2 aromatic rings. The van der Waals surface area contributed by atoms with Crippen LogP contribution in [0.15, 0.2) is 48.5 Å². The Balaban J connectivity index is 1.50. The van der Waals surface area contributed by atoms with E-state index in [1.54, 1.807) is 14.2 Å². The molecule has 0 aromatic heterocycles. The van der Waals surface area contributed by atoms with E-state index in [0.29, 0.717) is 24.5 Å². The van der Waals surface area contributed by atoms with Crippen LogP contribution in [-0.2, 0) is 22.4 Å². The summed E-state index contributed by atoms with van der Waals surface area (Å²) in [6.45, 7) is 1.17. The van der Waals surface area contributed by atoms with Crippen LogP contribution in [0.2, 0.25) is 0 Å². The summed E-state index contributed by atoms with van der Waals surface area (Å²) in [7, 11) is 3.22. The molecular weight excluding hydrogens is 356 g/mol. The smallest absolute Gasteiger partial charge is 0.287 e. The molecule has 1 saturated heterocycles. The molecule has 1 fully saturated rings. The minimum atomic E-state index is -0.316. The second-order valence-corrected chi connectivity index (χ2v) is 6.89. The summed E-state index contributed by atoms with van der Waals surface area (Å²) in [4.78, 5) is 26.3. The molecule has 0 radical (unpaired) electrons. The Kier molecular flexibility index (Phi) is 6.66. The molecule has 1 aliphatic heterocycles. The topological polar surface area (TPSA) is 72.5 Å². The Morgan fingerprint density at radius 1 is 0.964 bits per heavy atom. The summed E-state index contributed by atoms with van der Waals surface area (Å²) in [5.74, 6) is 1.24. The van der Waals surface area contributed by atoms with Crippen LogP contribution in [0.3, 0.4) is 0 Å². The molecule has 1 heterocycles. The van der Waals surface area contributed by atoms with Crippen molar-refractivity contribution in [2.24, 2.45) is 0 Å². The lowest BCUT2D eigenvalue weighted by Crippen LogP contribution is -2.92.